The monoisotopic (exact) mass is 332 g/mol. The number of benzene rings is 2. The molecule has 1 heterocycles. The predicted octanol–water partition coefficient (Wildman–Crippen LogP) is 4.40. The fourth-order valence-electron chi connectivity index (χ4n) is 2.50. The second kappa shape index (κ2) is 7.13. The summed E-state index contributed by atoms with van der Waals surface area (Å²) in [5.41, 5.74) is 5.33. The zero-order chi connectivity index (χ0) is 17.8. The predicted molar refractivity (Wildman–Crippen MR) is 100 cm³/mol. The SMILES string of the molecule is Cc1ccc(NC(=O)c2ccnc(Nc3c(C)cccc3C)n2)cc1. The second-order valence-corrected chi connectivity index (χ2v) is 5.98. The third-order valence-electron chi connectivity index (χ3n) is 3.92. The van der Waals surface area contributed by atoms with Crippen molar-refractivity contribution < 1.29 is 4.79 Å². The third-order valence-corrected chi connectivity index (χ3v) is 3.92. The van der Waals surface area contributed by atoms with Crippen LogP contribution in [-0.4, -0.2) is 15.9 Å². The van der Waals surface area contributed by atoms with E-state index in [2.05, 4.69) is 20.6 Å². The highest BCUT2D eigenvalue weighted by Crippen LogP contribution is 2.22. The maximum atomic E-state index is 12.4. The van der Waals surface area contributed by atoms with Gasteiger partial charge in [0.05, 0.1) is 0 Å². The summed E-state index contributed by atoms with van der Waals surface area (Å²) in [7, 11) is 0. The van der Waals surface area contributed by atoms with Crippen LogP contribution in [0, 0.1) is 20.8 Å². The molecule has 0 fully saturated rings. The number of hydrogen-bond acceptors (Lipinski definition) is 4. The number of nitrogens with zero attached hydrogens (tertiary/aromatic N) is 2. The molecule has 0 saturated carbocycles. The first-order chi connectivity index (χ1) is 12.0. The van der Waals surface area contributed by atoms with Crippen LogP contribution in [0.4, 0.5) is 17.3 Å². The molecule has 0 aliphatic rings. The van der Waals surface area contributed by atoms with Crippen molar-refractivity contribution in [2.24, 2.45) is 0 Å². The maximum absolute atomic E-state index is 12.4. The van der Waals surface area contributed by atoms with Crippen molar-refractivity contribution in [3.05, 3.63) is 77.1 Å². The third kappa shape index (κ3) is 4.01. The Balaban J connectivity index is 1.79. The average molecular weight is 332 g/mol. The van der Waals surface area contributed by atoms with Gasteiger partial charge in [0.25, 0.3) is 5.91 Å². The van der Waals surface area contributed by atoms with Gasteiger partial charge in [-0.1, -0.05) is 35.9 Å². The van der Waals surface area contributed by atoms with Crippen LogP contribution in [0.3, 0.4) is 0 Å². The number of carbonyl (C=O) groups is 1. The van der Waals surface area contributed by atoms with Gasteiger partial charge in [-0.25, -0.2) is 9.97 Å². The number of aromatic nitrogens is 2. The Labute approximate surface area is 147 Å². The van der Waals surface area contributed by atoms with E-state index in [0.29, 0.717) is 11.6 Å². The molecular formula is C20H20N4O. The van der Waals surface area contributed by atoms with E-state index in [4.69, 9.17) is 0 Å². The van der Waals surface area contributed by atoms with Gasteiger partial charge in [-0.15, -0.1) is 0 Å². The van der Waals surface area contributed by atoms with E-state index in [1.165, 1.54) is 0 Å². The second-order valence-electron chi connectivity index (χ2n) is 5.98. The molecule has 0 radical (unpaired) electrons. The van der Waals surface area contributed by atoms with Crippen LogP contribution < -0.4 is 10.6 Å². The van der Waals surface area contributed by atoms with E-state index in [1.54, 1.807) is 12.3 Å². The Morgan fingerprint density at radius 1 is 0.920 bits per heavy atom. The molecule has 0 unspecified atom stereocenters. The van der Waals surface area contributed by atoms with Crippen molar-refractivity contribution in [2.75, 3.05) is 10.6 Å². The van der Waals surface area contributed by atoms with E-state index < -0.39 is 0 Å². The summed E-state index contributed by atoms with van der Waals surface area (Å²) in [6.45, 7) is 6.04. The van der Waals surface area contributed by atoms with Crippen LogP contribution >= 0.6 is 0 Å². The van der Waals surface area contributed by atoms with E-state index in [0.717, 1.165) is 28.1 Å². The number of carbonyl (C=O) groups excluding carboxylic acids is 1. The van der Waals surface area contributed by atoms with Crippen molar-refractivity contribution in [3.63, 3.8) is 0 Å². The highest BCUT2D eigenvalue weighted by Gasteiger charge is 2.10. The molecule has 126 valence electrons. The normalized spacial score (nSPS) is 10.4. The molecule has 25 heavy (non-hydrogen) atoms. The molecule has 0 bridgehead atoms. The van der Waals surface area contributed by atoms with Gasteiger partial charge in [0.1, 0.15) is 5.69 Å². The first-order valence-electron chi connectivity index (χ1n) is 8.07. The van der Waals surface area contributed by atoms with Gasteiger partial charge in [0.2, 0.25) is 5.95 Å². The van der Waals surface area contributed by atoms with Crippen LogP contribution in [0.2, 0.25) is 0 Å². The lowest BCUT2D eigenvalue weighted by Crippen LogP contribution is -2.15. The molecule has 2 N–H and O–H groups in total. The number of amides is 1. The van der Waals surface area contributed by atoms with Crippen LogP contribution in [-0.2, 0) is 0 Å². The number of para-hydroxylation sites is 1. The number of nitrogens with one attached hydrogen (secondary N) is 2. The molecule has 5 nitrogen and oxygen atoms in total. The summed E-state index contributed by atoms with van der Waals surface area (Å²) in [6, 6.07) is 15.3. The number of rotatable bonds is 4. The zero-order valence-electron chi connectivity index (χ0n) is 14.5. The largest absolute Gasteiger partial charge is 0.324 e. The van der Waals surface area contributed by atoms with Gasteiger partial charge in [0, 0.05) is 17.6 Å². The van der Waals surface area contributed by atoms with Gasteiger partial charge in [0.15, 0.2) is 0 Å². The number of aryl methyl sites for hydroxylation is 3. The molecule has 1 amide bonds. The molecule has 2 aromatic carbocycles. The van der Waals surface area contributed by atoms with Crippen molar-refractivity contribution in [2.45, 2.75) is 20.8 Å². The molecule has 0 saturated heterocycles. The topological polar surface area (TPSA) is 66.9 Å². The lowest BCUT2D eigenvalue weighted by atomic mass is 10.1. The molecule has 0 aliphatic carbocycles. The molecule has 5 heteroatoms. The van der Waals surface area contributed by atoms with Crippen LogP contribution in [0.15, 0.2) is 54.7 Å². The van der Waals surface area contributed by atoms with Crippen molar-refractivity contribution in [3.8, 4) is 0 Å². The van der Waals surface area contributed by atoms with Gasteiger partial charge in [-0.2, -0.15) is 0 Å². The summed E-state index contributed by atoms with van der Waals surface area (Å²) in [6.07, 6.45) is 1.58. The highest BCUT2D eigenvalue weighted by atomic mass is 16.1. The summed E-state index contributed by atoms with van der Waals surface area (Å²) in [5.74, 6) is 0.129. The van der Waals surface area contributed by atoms with Crippen molar-refractivity contribution >= 4 is 23.2 Å². The fraction of sp³-hybridized carbons (Fsp3) is 0.150. The van der Waals surface area contributed by atoms with E-state index in [1.807, 2.05) is 63.2 Å². The van der Waals surface area contributed by atoms with Gasteiger partial charge in [-0.05, 0) is 50.1 Å². The average Bonchev–Trinajstić information content (AvgIpc) is 2.60. The van der Waals surface area contributed by atoms with E-state index in [9.17, 15) is 4.79 Å². The minimum absolute atomic E-state index is 0.268. The first-order valence-corrected chi connectivity index (χ1v) is 8.07. The first kappa shape index (κ1) is 16.6. The quantitative estimate of drug-likeness (QED) is 0.743. The van der Waals surface area contributed by atoms with Crippen molar-refractivity contribution in [1.29, 1.82) is 0 Å². The van der Waals surface area contributed by atoms with Gasteiger partial charge in [-0.3, -0.25) is 4.79 Å². The summed E-state index contributed by atoms with van der Waals surface area (Å²) < 4.78 is 0. The molecule has 1 aromatic heterocycles. The van der Waals surface area contributed by atoms with E-state index >= 15 is 0 Å². The molecule has 3 aromatic rings. The molecular weight excluding hydrogens is 312 g/mol. The maximum Gasteiger partial charge on any atom is 0.274 e. The van der Waals surface area contributed by atoms with Gasteiger partial charge < -0.3 is 10.6 Å². The molecule has 0 aliphatic heterocycles. The Morgan fingerprint density at radius 3 is 2.28 bits per heavy atom. The summed E-state index contributed by atoms with van der Waals surface area (Å²) in [4.78, 5) is 21.0. The Bertz CT molecular complexity index is 884. The standard InChI is InChI=1S/C20H20N4O/c1-13-7-9-16(10-8-13)22-19(25)17-11-12-21-20(23-17)24-18-14(2)5-4-6-15(18)3/h4-12H,1-3H3,(H,22,25)(H,21,23,24). The lowest BCUT2D eigenvalue weighted by Gasteiger charge is -2.12. The Morgan fingerprint density at radius 2 is 1.60 bits per heavy atom. The summed E-state index contributed by atoms with van der Waals surface area (Å²) in [5, 5.41) is 6.05. The molecule has 3 rings (SSSR count). The van der Waals surface area contributed by atoms with E-state index in [-0.39, 0.29) is 5.91 Å². The van der Waals surface area contributed by atoms with Crippen LogP contribution in [0.1, 0.15) is 27.2 Å². The van der Waals surface area contributed by atoms with Crippen LogP contribution in [0.5, 0.6) is 0 Å². The number of hydrogen-bond donors (Lipinski definition) is 2. The molecule has 0 atom stereocenters. The minimum Gasteiger partial charge on any atom is -0.324 e. The van der Waals surface area contributed by atoms with Gasteiger partial charge >= 0.3 is 0 Å². The Hall–Kier alpha value is -3.21. The lowest BCUT2D eigenvalue weighted by molar-refractivity contribution is 0.102. The number of anilines is 3. The summed E-state index contributed by atoms with van der Waals surface area (Å²) >= 11 is 0. The minimum atomic E-state index is -0.268. The molecule has 0 spiro atoms. The highest BCUT2D eigenvalue weighted by molar-refractivity contribution is 6.03. The van der Waals surface area contributed by atoms with Crippen LogP contribution in [0.25, 0.3) is 0 Å². The fourth-order valence-corrected chi connectivity index (χ4v) is 2.50. The Kier molecular flexibility index (Phi) is 4.75. The zero-order valence-corrected chi connectivity index (χ0v) is 14.5. The van der Waals surface area contributed by atoms with Crippen molar-refractivity contribution in [1.82, 2.24) is 9.97 Å². The smallest absolute Gasteiger partial charge is 0.274 e.